The fraction of sp³-hybridized carbons (Fsp3) is 0.917. The molecule has 0 fully saturated rings. The Balaban J connectivity index is 4.08. The molecule has 0 bridgehead atoms. The van der Waals surface area contributed by atoms with Crippen molar-refractivity contribution in [3.63, 3.8) is 0 Å². The maximum Gasteiger partial charge on any atom is 0.152 e. The zero-order valence-corrected chi connectivity index (χ0v) is 10.5. The zero-order chi connectivity index (χ0) is 11.4. The van der Waals surface area contributed by atoms with Crippen molar-refractivity contribution >= 4 is 5.78 Å². The van der Waals surface area contributed by atoms with Gasteiger partial charge in [-0.05, 0) is 32.2 Å². The van der Waals surface area contributed by atoms with E-state index >= 15 is 0 Å². The molecule has 2 nitrogen and oxygen atoms in total. The fourth-order valence-electron chi connectivity index (χ4n) is 1.34. The monoisotopic (exact) mass is 199 g/mol. The van der Waals surface area contributed by atoms with Crippen LogP contribution in [0.2, 0.25) is 0 Å². The van der Waals surface area contributed by atoms with Gasteiger partial charge in [0.05, 0.1) is 5.54 Å². The van der Waals surface area contributed by atoms with E-state index in [1.165, 1.54) is 0 Å². The van der Waals surface area contributed by atoms with Crippen molar-refractivity contribution < 1.29 is 4.79 Å². The molecule has 0 aliphatic heterocycles. The first-order valence-electron chi connectivity index (χ1n) is 5.47. The van der Waals surface area contributed by atoms with Crippen molar-refractivity contribution in [2.75, 3.05) is 6.54 Å². The van der Waals surface area contributed by atoms with Crippen LogP contribution in [0.1, 0.15) is 54.4 Å². The van der Waals surface area contributed by atoms with Gasteiger partial charge in [-0.25, -0.2) is 0 Å². The molecular formula is C12H25NO. The maximum absolute atomic E-state index is 11.8. The molecule has 0 rings (SSSR count). The van der Waals surface area contributed by atoms with Crippen molar-refractivity contribution in [1.29, 1.82) is 0 Å². The van der Waals surface area contributed by atoms with Gasteiger partial charge in [0, 0.05) is 6.42 Å². The number of likely N-dealkylation sites (N-methyl/N-ethyl adjacent to an activating group) is 1. The Bertz CT molecular complexity index is 189. The van der Waals surface area contributed by atoms with Crippen molar-refractivity contribution in [3.8, 4) is 0 Å². The van der Waals surface area contributed by atoms with Crippen LogP contribution in [-0.2, 0) is 4.79 Å². The van der Waals surface area contributed by atoms with Gasteiger partial charge in [0.1, 0.15) is 0 Å². The van der Waals surface area contributed by atoms with Crippen LogP contribution in [0.15, 0.2) is 0 Å². The molecule has 0 spiro atoms. The van der Waals surface area contributed by atoms with E-state index in [1.807, 2.05) is 20.8 Å². The largest absolute Gasteiger partial charge is 0.306 e. The molecule has 0 atom stereocenters. The maximum atomic E-state index is 11.8. The van der Waals surface area contributed by atoms with Gasteiger partial charge in [0.2, 0.25) is 0 Å². The lowest BCUT2D eigenvalue weighted by Crippen LogP contribution is -2.46. The van der Waals surface area contributed by atoms with E-state index in [4.69, 9.17) is 0 Å². The molecular weight excluding hydrogens is 174 g/mol. The summed E-state index contributed by atoms with van der Waals surface area (Å²) in [7, 11) is 0. The van der Waals surface area contributed by atoms with Crippen LogP contribution in [0.25, 0.3) is 0 Å². The quantitative estimate of drug-likeness (QED) is 0.737. The molecule has 2 heteroatoms. The Kier molecular flexibility index (Phi) is 4.79. The van der Waals surface area contributed by atoms with E-state index in [1.54, 1.807) is 0 Å². The third-order valence-electron chi connectivity index (χ3n) is 2.42. The molecule has 0 saturated carbocycles. The van der Waals surface area contributed by atoms with Crippen molar-refractivity contribution in [2.45, 2.75) is 59.9 Å². The van der Waals surface area contributed by atoms with Crippen molar-refractivity contribution in [1.82, 2.24) is 5.32 Å². The molecule has 0 saturated heterocycles. The van der Waals surface area contributed by atoms with Crippen LogP contribution in [0.4, 0.5) is 0 Å². The third-order valence-corrected chi connectivity index (χ3v) is 2.42. The topological polar surface area (TPSA) is 29.1 Å². The van der Waals surface area contributed by atoms with Crippen LogP contribution in [0.5, 0.6) is 0 Å². The molecule has 0 aliphatic rings. The lowest BCUT2D eigenvalue weighted by Gasteiger charge is -2.26. The van der Waals surface area contributed by atoms with Gasteiger partial charge in [0.15, 0.2) is 5.78 Å². The third kappa shape index (κ3) is 5.38. The van der Waals surface area contributed by atoms with E-state index < -0.39 is 0 Å². The zero-order valence-electron chi connectivity index (χ0n) is 10.5. The number of hydrogen-bond donors (Lipinski definition) is 1. The number of Topliss-reactive ketones (excluding diaryl/α,β-unsaturated/α-hetero) is 1. The summed E-state index contributed by atoms with van der Waals surface area (Å²) in [5, 5.41) is 3.21. The first-order valence-corrected chi connectivity index (χ1v) is 5.47. The van der Waals surface area contributed by atoms with Crippen molar-refractivity contribution in [2.24, 2.45) is 5.41 Å². The summed E-state index contributed by atoms with van der Waals surface area (Å²) in [6.45, 7) is 13.3. The highest BCUT2D eigenvalue weighted by Gasteiger charge is 2.26. The molecule has 0 radical (unpaired) electrons. The minimum absolute atomic E-state index is 0.248. The van der Waals surface area contributed by atoms with Gasteiger partial charge in [0.25, 0.3) is 0 Å². The molecule has 0 aromatic heterocycles. The molecule has 0 unspecified atom stereocenters. The fourth-order valence-corrected chi connectivity index (χ4v) is 1.34. The van der Waals surface area contributed by atoms with Crippen molar-refractivity contribution in [3.05, 3.63) is 0 Å². The van der Waals surface area contributed by atoms with E-state index in [-0.39, 0.29) is 11.0 Å². The van der Waals surface area contributed by atoms with Crippen LogP contribution in [-0.4, -0.2) is 17.9 Å². The lowest BCUT2D eigenvalue weighted by molar-refractivity contribution is -0.124. The molecule has 0 aliphatic carbocycles. The summed E-state index contributed by atoms with van der Waals surface area (Å²) in [6.07, 6.45) is 1.63. The number of nitrogens with one attached hydrogen (secondary N) is 1. The van der Waals surface area contributed by atoms with Crippen LogP contribution in [0, 0.1) is 5.41 Å². The van der Waals surface area contributed by atoms with Gasteiger partial charge in [-0.2, -0.15) is 0 Å². The number of rotatable bonds is 5. The van der Waals surface area contributed by atoms with Gasteiger partial charge < -0.3 is 5.32 Å². The Hall–Kier alpha value is -0.370. The smallest absolute Gasteiger partial charge is 0.152 e. The van der Waals surface area contributed by atoms with Gasteiger partial charge >= 0.3 is 0 Å². The predicted molar refractivity (Wildman–Crippen MR) is 61.5 cm³/mol. The van der Waals surface area contributed by atoms with E-state index in [2.05, 4.69) is 26.1 Å². The predicted octanol–water partition coefficient (Wildman–Crippen LogP) is 2.77. The summed E-state index contributed by atoms with van der Waals surface area (Å²) < 4.78 is 0. The normalized spacial score (nSPS) is 13.0. The molecule has 1 N–H and O–H groups in total. The Morgan fingerprint density at radius 2 is 1.64 bits per heavy atom. The Morgan fingerprint density at radius 3 is 2.00 bits per heavy atom. The second kappa shape index (κ2) is 4.92. The highest BCUT2D eigenvalue weighted by molar-refractivity contribution is 5.87. The minimum atomic E-state index is -0.361. The minimum Gasteiger partial charge on any atom is -0.306 e. The highest BCUT2D eigenvalue weighted by Crippen LogP contribution is 2.22. The standard InChI is InChI=1S/C12H25NO/c1-7-13-12(5,6)10(14)8-9-11(2,3)4/h13H,7-9H2,1-6H3. The van der Waals surface area contributed by atoms with Gasteiger partial charge in [-0.1, -0.05) is 27.7 Å². The van der Waals surface area contributed by atoms with Gasteiger partial charge in [-0.15, -0.1) is 0 Å². The number of carbonyl (C=O) groups excluding carboxylic acids is 1. The average molecular weight is 199 g/mol. The SMILES string of the molecule is CCNC(C)(C)C(=O)CCC(C)(C)C. The van der Waals surface area contributed by atoms with Gasteiger partial charge in [-0.3, -0.25) is 4.79 Å². The summed E-state index contributed by atoms with van der Waals surface area (Å²) >= 11 is 0. The Morgan fingerprint density at radius 1 is 1.14 bits per heavy atom. The lowest BCUT2D eigenvalue weighted by atomic mass is 9.86. The molecule has 0 aromatic rings. The van der Waals surface area contributed by atoms with E-state index in [0.717, 1.165) is 13.0 Å². The highest BCUT2D eigenvalue weighted by atomic mass is 16.1. The second-order valence-electron chi connectivity index (χ2n) is 5.64. The Labute approximate surface area is 88.5 Å². The molecule has 0 heterocycles. The summed E-state index contributed by atoms with van der Waals surface area (Å²) in [6, 6.07) is 0. The average Bonchev–Trinajstić information content (AvgIpc) is 1.98. The number of carbonyl (C=O) groups is 1. The summed E-state index contributed by atoms with van der Waals surface area (Å²) in [4.78, 5) is 11.8. The first-order chi connectivity index (χ1) is 6.19. The molecule has 0 amide bonds. The van der Waals surface area contributed by atoms with E-state index in [0.29, 0.717) is 12.2 Å². The van der Waals surface area contributed by atoms with Crippen LogP contribution in [0.3, 0.4) is 0 Å². The molecule has 14 heavy (non-hydrogen) atoms. The second-order valence-corrected chi connectivity index (χ2v) is 5.64. The van der Waals surface area contributed by atoms with E-state index in [9.17, 15) is 4.79 Å². The van der Waals surface area contributed by atoms with Crippen LogP contribution >= 0.6 is 0 Å². The number of ketones is 1. The molecule has 0 aromatic carbocycles. The molecule has 84 valence electrons. The summed E-state index contributed by atoms with van der Waals surface area (Å²) in [5.74, 6) is 0.314. The summed E-state index contributed by atoms with van der Waals surface area (Å²) in [5.41, 5.74) is -0.113. The van der Waals surface area contributed by atoms with Crippen LogP contribution < -0.4 is 5.32 Å². The first kappa shape index (κ1) is 13.6. The number of hydrogen-bond acceptors (Lipinski definition) is 2.